The maximum atomic E-state index is 12.6. The molecule has 0 bridgehead atoms. The summed E-state index contributed by atoms with van der Waals surface area (Å²) >= 11 is 0. The van der Waals surface area contributed by atoms with E-state index in [9.17, 15) is 19.8 Å². The van der Waals surface area contributed by atoms with Gasteiger partial charge in [0.15, 0.2) is 0 Å². The van der Waals surface area contributed by atoms with Crippen LogP contribution in [0.1, 0.15) is 489 Å². The van der Waals surface area contributed by atoms with Gasteiger partial charge in [0.05, 0.1) is 25.4 Å². The summed E-state index contributed by atoms with van der Waals surface area (Å²) in [7, 11) is 0. The van der Waals surface area contributed by atoms with Crippen molar-refractivity contribution in [2.75, 3.05) is 13.2 Å². The summed E-state index contributed by atoms with van der Waals surface area (Å²) < 4.78 is 5.51. The summed E-state index contributed by atoms with van der Waals surface area (Å²) in [4.78, 5) is 24.7. The third-order valence-corrected chi connectivity index (χ3v) is 20.1. The molecule has 536 valence electrons. The summed E-state index contributed by atoms with van der Waals surface area (Å²) in [6.07, 6.45) is 102. The molecule has 0 aromatic heterocycles. The molecule has 0 aliphatic rings. The highest BCUT2D eigenvalue weighted by atomic mass is 16.5. The van der Waals surface area contributed by atoms with Crippen LogP contribution in [0.4, 0.5) is 0 Å². The molecule has 2 atom stereocenters. The van der Waals surface area contributed by atoms with Crippen molar-refractivity contribution in [1.29, 1.82) is 0 Å². The van der Waals surface area contributed by atoms with Crippen molar-refractivity contribution in [3.63, 3.8) is 0 Å². The lowest BCUT2D eigenvalue weighted by Gasteiger charge is -2.22. The first-order valence-electron chi connectivity index (χ1n) is 41.9. The van der Waals surface area contributed by atoms with Crippen molar-refractivity contribution in [3.05, 3.63) is 12.2 Å². The zero-order chi connectivity index (χ0) is 64.9. The number of aliphatic hydroxyl groups is 2. The van der Waals surface area contributed by atoms with Gasteiger partial charge in [0.2, 0.25) is 5.91 Å². The summed E-state index contributed by atoms with van der Waals surface area (Å²) in [5.41, 5.74) is 0. The molecule has 0 heterocycles. The van der Waals surface area contributed by atoms with Gasteiger partial charge in [-0.1, -0.05) is 437 Å². The molecule has 0 rings (SSSR count). The van der Waals surface area contributed by atoms with Crippen molar-refractivity contribution in [2.24, 2.45) is 0 Å². The number of ether oxygens (including phenoxy) is 1. The minimum Gasteiger partial charge on any atom is -0.466 e. The SMILES string of the molecule is CCCCCCCCCCCCCCCCCCCCCC(O)C(CO)NC(=O)CCCCCCCCCCCCCCCCCCC/C=C\CCCCCCCCCCCCCCCCCCCCOC(=O)CCCCCCCCCCCCCCCCC. The number of rotatable bonds is 80. The van der Waals surface area contributed by atoms with Gasteiger partial charge >= 0.3 is 5.97 Å². The highest BCUT2D eigenvalue weighted by molar-refractivity contribution is 5.76. The van der Waals surface area contributed by atoms with Crippen LogP contribution < -0.4 is 5.32 Å². The monoisotopic (exact) mass is 1270 g/mol. The van der Waals surface area contributed by atoms with E-state index in [1.165, 1.54) is 417 Å². The number of amides is 1. The standard InChI is InChI=1S/C84H165NO5/c1-3-5-7-9-11-13-15-17-19-20-42-45-49-52-56-60-64-68-72-76-82(87)81(80-86)85-83(88)77-73-69-65-61-57-53-50-46-43-40-38-36-34-32-30-28-26-24-22-21-23-25-27-29-31-33-35-37-39-41-44-47-51-55-59-63-67-71-75-79-90-84(89)78-74-70-66-62-58-54-48-18-16-14-12-10-8-6-4-2/h21-22,81-82,86-87H,3-20,23-80H2,1-2H3,(H,85,88)/b22-21-. The highest BCUT2D eigenvalue weighted by Gasteiger charge is 2.20. The highest BCUT2D eigenvalue weighted by Crippen LogP contribution is 2.21. The van der Waals surface area contributed by atoms with Crippen LogP contribution in [0.2, 0.25) is 0 Å². The molecule has 0 aromatic rings. The second-order valence-corrected chi connectivity index (χ2v) is 29.2. The van der Waals surface area contributed by atoms with Crippen LogP contribution in [0.3, 0.4) is 0 Å². The average molecular weight is 1270 g/mol. The third kappa shape index (κ3) is 75.6. The van der Waals surface area contributed by atoms with E-state index in [0.29, 0.717) is 25.9 Å². The van der Waals surface area contributed by atoms with Crippen LogP contribution in [0.15, 0.2) is 12.2 Å². The van der Waals surface area contributed by atoms with E-state index in [1.54, 1.807) is 0 Å². The number of carbonyl (C=O) groups is 2. The molecular formula is C84H165NO5. The second-order valence-electron chi connectivity index (χ2n) is 29.2. The number of unbranched alkanes of at least 4 members (excludes halogenated alkanes) is 67. The Kier molecular flexibility index (Phi) is 78.8. The maximum Gasteiger partial charge on any atom is 0.305 e. The lowest BCUT2D eigenvalue weighted by Crippen LogP contribution is -2.45. The average Bonchev–Trinajstić information content (AvgIpc) is 3.72. The second kappa shape index (κ2) is 80.0. The van der Waals surface area contributed by atoms with E-state index < -0.39 is 12.1 Å². The van der Waals surface area contributed by atoms with Crippen LogP contribution in [0, 0.1) is 0 Å². The molecule has 0 aliphatic carbocycles. The predicted molar refractivity (Wildman–Crippen MR) is 398 cm³/mol. The molecule has 0 radical (unpaired) electrons. The van der Waals surface area contributed by atoms with Crippen molar-refractivity contribution in [2.45, 2.75) is 501 Å². The quantitative estimate of drug-likeness (QED) is 0.0320. The first-order valence-corrected chi connectivity index (χ1v) is 41.9. The summed E-state index contributed by atoms with van der Waals surface area (Å²) in [6, 6.07) is -0.538. The largest absolute Gasteiger partial charge is 0.466 e. The first-order chi connectivity index (χ1) is 44.5. The van der Waals surface area contributed by atoms with Gasteiger partial charge in [0.25, 0.3) is 0 Å². The Morgan fingerprint density at radius 2 is 0.522 bits per heavy atom. The summed E-state index contributed by atoms with van der Waals surface area (Å²) in [5.74, 6) is 0.00151. The zero-order valence-electron chi connectivity index (χ0n) is 61.7. The van der Waals surface area contributed by atoms with Crippen LogP contribution in [0.5, 0.6) is 0 Å². The summed E-state index contributed by atoms with van der Waals surface area (Å²) in [6.45, 7) is 5.02. The minimum absolute atomic E-state index is 0.0252. The molecule has 0 spiro atoms. The Hall–Kier alpha value is -1.40. The van der Waals surface area contributed by atoms with Gasteiger partial charge in [-0.3, -0.25) is 9.59 Å². The van der Waals surface area contributed by atoms with Crippen LogP contribution in [-0.4, -0.2) is 47.4 Å². The number of allylic oxidation sites excluding steroid dienone is 2. The predicted octanol–water partition coefficient (Wildman–Crippen LogP) is 27.8. The number of aliphatic hydroxyl groups excluding tert-OH is 2. The van der Waals surface area contributed by atoms with Crippen LogP contribution in [0.25, 0.3) is 0 Å². The Balaban J connectivity index is 3.31. The Bertz CT molecular complexity index is 1370. The van der Waals surface area contributed by atoms with Crippen molar-refractivity contribution < 1.29 is 24.5 Å². The Labute approximate surface area is 565 Å². The molecule has 0 saturated heterocycles. The molecule has 0 fully saturated rings. The van der Waals surface area contributed by atoms with Gasteiger partial charge in [0, 0.05) is 12.8 Å². The molecule has 6 heteroatoms. The van der Waals surface area contributed by atoms with E-state index in [4.69, 9.17) is 4.74 Å². The molecule has 6 nitrogen and oxygen atoms in total. The number of esters is 1. The molecule has 0 aliphatic heterocycles. The van der Waals surface area contributed by atoms with Crippen molar-refractivity contribution in [1.82, 2.24) is 5.32 Å². The number of nitrogens with one attached hydrogen (secondary N) is 1. The molecule has 0 saturated carbocycles. The van der Waals surface area contributed by atoms with Gasteiger partial charge in [-0.15, -0.1) is 0 Å². The molecule has 2 unspecified atom stereocenters. The molecule has 1 amide bonds. The van der Waals surface area contributed by atoms with Gasteiger partial charge in [-0.25, -0.2) is 0 Å². The number of carbonyl (C=O) groups excluding carboxylic acids is 2. The first kappa shape index (κ1) is 88.6. The topological polar surface area (TPSA) is 95.9 Å². The van der Waals surface area contributed by atoms with Crippen molar-refractivity contribution in [3.8, 4) is 0 Å². The fraction of sp³-hybridized carbons (Fsp3) is 0.952. The lowest BCUT2D eigenvalue weighted by atomic mass is 10.0. The van der Waals surface area contributed by atoms with Crippen LogP contribution in [-0.2, 0) is 14.3 Å². The lowest BCUT2D eigenvalue weighted by molar-refractivity contribution is -0.143. The van der Waals surface area contributed by atoms with E-state index in [1.807, 2.05) is 0 Å². The third-order valence-electron chi connectivity index (χ3n) is 20.1. The van der Waals surface area contributed by atoms with Gasteiger partial charge in [-0.05, 0) is 51.4 Å². The van der Waals surface area contributed by atoms with Gasteiger partial charge in [-0.2, -0.15) is 0 Å². The number of hydrogen-bond donors (Lipinski definition) is 3. The fourth-order valence-electron chi connectivity index (χ4n) is 13.7. The van der Waals surface area contributed by atoms with E-state index in [-0.39, 0.29) is 18.5 Å². The maximum absolute atomic E-state index is 12.6. The zero-order valence-corrected chi connectivity index (χ0v) is 61.7. The number of hydrogen-bond acceptors (Lipinski definition) is 5. The molecule has 90 heavy (non-hydrogen) atoms. The minimum atomic E-state index is -0.661. The van der Waals surface area contributed by atoms with Gasteiger partial charge in [0.1, 0.15) is 0 Å². The Morgan fingerprint density at radius 1 is 0.300 bits per heavy atom. The normalized spacial score (nSPS) is 12.4. The van der Waals surface area contributed by atoms with E-state index >= 15 is 0 Å². The molecule has 3 N–H and O–H groups in total. The molecule has 0 aromatic carbocycles. The smallest absolute Gasteiger partial charge is 0.305 e. The Morgan fingerprint density at radius 3 is 0.789 bits per heavy atom. The van der Waals surface area contributed by atoms with Gasteiger partial charge < -0.3 is 20.3 Å². The van der Waals surface area contributed by atoms with E-state index in [2.05, 4.69) is 31.3 Å². The molecular weight excluding hydrogens is 1100 g/mol. The van der Waals surface area contributed by atoms with E-state index in [0.717, 1.165) is 38.5 Å². The van der Waals surface area contributed by atoms with Crippen molar-refractivity contribution >= 4 is 11.9 Å². The van der Waals surface area contributed by atoms with Crippen LogP contribution >= 0.6 is 0 Å². The summed E-state index contributed by atoms with van der Waals surface area (Å²) in [5, 5.41) is 23.4. The fourth-order valence-corrected chi connectivity index (χ4v) is 13.7.